The van der Waals surface area contributed by atoms with Crippen LogP contribution in [-0.4, -0.2) is 5.91 Å². The predicted octanol–water partition coefficient (Wildman–Crippen LogP) is 4.08. The van der Waals surface area contributed by atoms with Crippen LogP contribution in [0.2, 0.25) is 10.0 Å². The second kappa shape index (κ2) is 5.46. The van der Waals surface area contributed by atoms with Gasteiger partial charge in [0.05, 0.1) is 12.3 Å². The highest BCUT2D eigenvalue weighted by Crippen LogP contribution is 2.26. The van der Waals surface area contributed by atoms with Gasteiger partial charge >= 0.3 is 0 Å². The number of carbonyl (C=O) groups excluding carboxylic acids is 1. The van der Waals surface area contributed by atoms with Crippen LogP contribution in [0.25, 0.3) is 0 Å². The summed E-state index contributed by atoms with van der Waals surface area (Å²) in [7, 11) is 0. The van der Waals surface area contributed by atoms with Crippen LogP contribution >= 0.6 is 23.2 Å². The van der Waals surface area contributed by atoms with Crippen molar-refractivity contribution in [1.29, 1.82) is 0 Å². The molecule has 1 N–H and O–H groups in total. The number of hydrogen-bond acceptors (Lipinski definition) is 2. The van der Waals surface area contributed by atoms with E-state index in [0.29, 0.717) is 10.0 Å². The number of rotatable bonds is 3. The summed E-state index contributed by atoms with van der Waals surface area (Å²) in [4.78, 5) is 11.8. The summed E-state index contributed by atoms with van der Waals surface area (Å²) in [5.74, 6) is -0.00884. The summed E-state index contributed by atoms with van der Waals surface area (Å²) in [5, 5.41) is 3.88. The summed E-state index contributed by atoms with van der Waals surface area (Å²) in [6.45, 7) is 1.84. The fourth-order valence-corrected chi connectivity index (χ4v) is 2.18. The third-order valence-corrected chi connectivity index (χ3v) is 3.08. The minimum absolute atomic E-state index is 0.229. The normalized spacial score (nSPS) is 12.2. The molecule has 2 rings (SSSR count). The molecule has 1 amide bonds. The van der Waals surface area contributed by atoms with Gasteiger partial charge in [0.1, 0.15) is 0 Å². The van der Waals surface area contributed by atoms with Gasteiger partial charge in [-0.3, -0.25) is 4.79 Å². The van der Waals surface area contributed by atoms with E-state index >= 15 is 0 Å². The molecule has 0 fully saturated rings. The second-order valence-electron chi connectivity index (χ2n) is 3.84. The number of amides is 1. The summed E-state index contributed by atoms with van der Waals surface area (Å²) in [6.07, 6.45) is 1.45. The van der Waals surface area contributed by atoms with E-state index in [9.17, 15) is 4.79 Å². The Bertz CT molecular complexity index is 552. The molecule has 1 aromatic heterocycles. The van der Waals surface area contributed by atoms with Gasteiger partial charge in [0.15, 0.2) is 5.76 Å². The molecule has 1 atom stereocenters. The second-order valence-corrected chi connectivity index (χ2v) is 4.68. The van der Waals surface area contributed by atoms with Crippen LogP contribution in [0.15, 0.2) is 41.0 Å². The smallest absolute Gasteiger partial charge is 0.287 e. The van der Waals surface area contributed by atoms with Crippen molar-refractivity contribution >= 4 is 29.1 Å². The van der Waals surface area contributed by atoms with Crippen LogP contribution in [0.5, 0.6) is 0 Å². The van der Waals surface area contributed by atoms with E-state index in [1.54, 1.807) is 30.3 Å². The van der Waals surface area contributed by atoms with E-state index in [4.69, 9.17) is 27.6 Å². The molecule has 1 aromatic carbocycles. The van der Waals surface area contributed by atoms with E-state index in [-0.39, 0.29) is 17.7 Å². The molecule has 0 aliphatic rings. The molecule has 0 aliphatic heterocycles. The van der Waals surface area contributed by atoms with Crippen LogP contribution in [-0.2, 0) is 0 Å². The molecule has 5 heteroatoms. The fourth-order valence-electron chi connectivity index (χ4n) is 1.61. The summed E-state index contributed by atoms with van der Waals surface area (Å²) >= 11 is 11.9. The molecule has 0 radical (unpaired) electrons. The zero-order valence-corrected chi connectivity index (χ0v) is 11.1. The first kappa shape index (κ1) is 13.0. The molecule has 1 heterocycles. The maximum atomic E-state index is 11.8. The summed E-state index contributed by atoms with van der Waals surface area (Å²) in [6, 6.07) is 8.21. The van der Waals surface area contributed by atoms with Crippen LogP contribution in [0.3, 0.4) is 0 Å². The average Bonchev–Trinajstić information content (AvgIpc) is 2.81. The van der Waals surface area contributed by atoms with E-state index in [2.05, 4.69) is 5.32 Å². The molecule has 94 valence electrons. The topological polar surface area (TPSA) is 42.2 Å². The Balaban J connectivity index is 2.12. The molecule has 0 unspecified atom stereocenters. The third kappa shape index (κ3) is 2.86. The van der Waals surface area contributed by atoms with Gasteiger partial charge in [-0.15, -0.1) is 0 Å². The minimum Gasteiger partial charge on any atom is -0.459 e. The van der Waals surface area contributed by atoms with Gasteiger partial charge < -0.3 is 9.73 Å². The van der Waals surface area contributed by atoms with Gasteiger partial charge in [-0.25, -0.2) is 0 Å². The van der Waals surface area contributed by atoms with Crippen molar-refractivity contribution < 1.29 is 9.21 Å². The Morgan fingerprint density at radius 1 is 1.33 bits per heavy atom. The van der Waals surface area contributed by atoms with Gasteiger partial charge in [0.25, 0.3) is 5.91 Å². The fraction of sp³-hybridized carbons (Fsp3) is 0.154. The largest absolute Gasteiger partial charge is 0.459 e. The quantitative estimate of drug-likeness (QED) is 0.922. The molecule has 3 nitrogen and oxygen atoms in total. The van der Waals surface area contributed by atoms with Gasteiger partial charge in [-0.05, 0) is 36.8 Å². The number of halogens is 2. The van der Waals surface area contributed by atoms with Crippen molar-refractivity contribution in [3.63, 3.8) is 0 Å². The first-order valence-corrected chi connectivity index (χ1v) is 6.13. The number of hydrogen-bond donors (Lipinski definition) is 1. The molecular formula is C13H11Cl2NO2. The highest BCUT2D eigenvalue weighted by Gasteiger charge is 2.15. The van der Waals surface area contributed by atoms with Crippen LogP contribution < -0.4 is 5.32 Å². The molecular weight excluding hydrogens is 273 g/mol. The molecule has 0 saturated carbocycles. The lowest BCUT2D eigenvalue weighted by molar-refractivity contribution is 0.0912. The van der Waals surface area contributed by atoms with Gasteiger partial charge in [-0.1, -0.05) is 29.3 Å². The molecule has 0 spiro atoms. The van der Waals surface area contributed by atoms with E-state index < -0.39 is 0 Å². The number of furan rings is 1. The first-order chi connectivity index (χ1) is 8.58. The maximum absolute atomic E-state index is 11.8. The number of benzene rings is 1. The van der Waals surface area contributed by atoms with Crippen LogP contribution in [0.1, 0.15) is 29.1 Å². The van der Waals surface area contributed by atoms with Gasteiger partial charge in [0, 0.05) is 10.0 Å². The van der Waals surface area contributed by atoms with Crippen molar-refractivity contribution in [2.24, 2.45) is 0 Å². The molecule has 2 aromatic rings. The Morgan fingerprint density at radius 2 is 2.11 bits per heavy atom. The zero-order chi connectivity index (χ0) is 13.1. The first-order valence-electron chi connectivity index (χ1n) is 5.37. The Kier molecular flexibility index (Phi) is 3.94. The lowest BCUT2D eigenvalue weighted by Crippen LogP contribution is -2.26. The Morgan fingerprint density at radius 3 is 2.72 bits per heavy atom. The standard InChI is InChI=1S/C13H11Cl2NO2/c1-8(10-5-4-9(14)7-11(10)15)16-13(17)12-3-2-6-18-12/h2-8H,1H3,(H,16,17)/t8-/m1/s1. The van der Waals surface area contributed by atoms with Gasteiger partial charge in [-0.2, -0.15) is 0 Å². The average molecular weight is 284 g/mol. The van der Waals surface area contributed by atoms with Crippen molar-refractivity contribution in [1.82, 2.24) is 5.32 Å². The third-order valence-electron chi connectivity index (χ3n) is 2.52. The molecule has 0 bridgehead atoms. The molecule has 18 heavy (non-hydrogen) atoms. The summed E-state index contributed by atoms with van der Waals surface area (Å²) < 4.78 is 5.02. The van der Waals surface area contributed by atoms with E-state index in [1.165, 1.54) is 6.26 Å². The predicted molar refractivity (Wildman–Crippen MR) is 71.1 cm³/mol. The van der Waals surface area contributed by atoms with Crippen molar-refractivity contribution in [3.8, 4) is 0 Å². The highest BCUT2D eigenvalue weighted by atomic mass is 35.5. The van der Waals surface area contributed by atoms with Crippen LogP contribution in [0.4, 0.5) is 0 Å². The van der Waals surface area contributed by atoms with Crippen molar-refractivity contribution in [2.75, 3.05) is 0 Å². The monoisotopic (exact) mass is 283 g/mol. The zero-order valence-electron chi connectivity index (χ0n) is 9.61. The van der Waals surface area contributed by atoms with Crippen molar-refractivity contribution in [3.05, 3.63) is 58.0 Å². The lowest BCUT2D eigenvalue weighted by atomic mass is 10.1. The lowest BCUT2D eigenvalue weighted by Gasteiger charge is -2.15. The van der Waals surface area contributed by atoms with E-state index in [0.717, 1.165) is 5.56 Å². The maximum Gasteiger partial charge on any atom is 0.287 e. The Labute approximate surface area is 115 Å². The number of nitrogens with one attached hydrogen (secondary N) is 1. The SMILES string of the molecule is C[C@@H](NC(=O)c1ccco1)c1ccc(Cl)cc1Cl. The molecule has 0 aliphatic carbocycles. The molecule has 0 saturated heterocycles. The van der Waals surface area contributed by atoms with E-state index in [1.807, 2.05) is 6.92 Å². The summed E-state index contributed by atoms with van der Waals surface area (Å²) in [5.41, 5.74) is 0.806. The Hall–Kier alpha value is -1.45. The number of carbonyl (C=O) groups is 1. The minimum atomic E-state index is -0.279. The van der Waals surface area contributed by atoms with Gasteiger partial charge in [0.2, 0.25) is 0 Å². The van der Waals surface area contributed by atoms with Crippen LogP contribution in [0, 0.1) is 0 Å². The van der Waals surface area contributed by atoms with Crippen molar-refractivity contribution in [2.45, 2.75) is 13.0 Å². The highest BCUT2D eigenvalue weighted by molar-refractivity contribution is 6.35.